The molecule has 0 saturated carbocycles. The highest BCUT2D eigenvalue weighted by Crippen LogP contribution is 2.39. The summed E-state index contributed by atoms with van der Waals surface area (Å²) in [6.07, 6.45) is 1.45. The third-order valence-corrected chi connectivity index (χ3v) is 4.39. The molecule has 7 nitrogen and oxygen atoms in total. The molecule has 0 amide bonds. The predicted octanol–water partition coefficient (Wildman–Crippen LogP) is 4.95. The maximum absolute atomic E-state index is 12.5. The molecular weight excluding hydrogens is 417 g/mol. The van der Waals surface area contributed by atoms with Gasteiger partial charge in [0.25, 0.3) is 0 Å². The second-order valence-corrected chi connectivity index (χ2v) is 6.31. The number of anilines is 2. The van der Waals surface area contributed by atoms with Gasteiger partial charge in [0.05, 0.1) is 37.2 Å². The number of benzene rings is 1. The van der Waals surface area contributed by atoms with Crippen LogP contribution in [0.4, 0.5) is 11.4 Å². The zero-order valence-electron chi connectivity index (χ0n) is 16.4. The molecule has 0 unspecified atom stereocenters. The van der Waals surface area contributed by atoms with Crippen molar-refractivity contribution in [2.45, 2.75) is 13.8 Å². The van der Waals surface area contributed by atoms with Gasteiger partial charge in [0.1, 0.15) is 17.1 Å². The number of esters is 1. The Morgan fingerprint density at radius 1 is 1.17 bits per heavy atom. The number of rotatable bonds is 6. The Morgan fingerprint density at radius 2 is 1.90 bits per heavy atom. The van der Waals surface area contributed by atoms with Crippen LogP contribution in [0.1, 0.15) is 23.0 Å². The highest BCUT2D eigenvalue weighted by atomic mass is 35.5. The number of nitrogens with zero attached hydrogens (tertiary/aromatic N) is 2. The highest BCUT2D eigenvalue weighted by molar-refractivity contribution is 6.32. The number of hydrogen-bond donors (Lipinski definition) is 1. The van der Waals surface area contributed by atoms with Crippen molar-refractivity contribution >= 4 is 52.4 Å². The topological polar surface area (TPSA) is 82.6 Å². The van der Waals surface area contributed by atoms with Crippen LogP contribution in [0.2, 0.25) is 5.02 Å². The SMILES string of the molecule is CCOC(=O)c1cnc2nc(C)ccc2c1Nc1cc(Cl)c(OC)cc1OC.Cl. The Balaban J connectivity index is 0.00000300. The van der Waals surface area contributed by atoms with Crippen molar-refractivity contribution < 1.29 is 19.0 Å². The van der Waals surface area contributed by atoms with Gasteiger partial charge in [-0.3, -0.25) is 0 Å². The van der Waals surface area contributed by atoms with Gasteiger partial charge >= 0.3 is 5.97 Å². The number of methoxy groups -OCH3 is 2. The van der Waals surface area contributed by atoms with Crippen LogP contribution in [0.25, 0.3) is 11.0 Å². The minimum Gasteiger partial charge on any atom is -0.495 e. The molecule has 3 rings (SSSR count). The van der Waals surface area contributed by atoms with Gasteiger partial charge in [0.2, 0.25) is 0 Å². The lowest BCUT2D eigenvalue weighted by Crippen LogP contribution is -2.10. The molecule has 0 aliphatic heterocycles. The predicted molar refractivity (Wildman–Crippen MR) is 115 cm³/mol. The van der Waals surface area contributed by atoms with E-state index in [1.807, 2.05) is 19.1 Å². The zero-order valence-corrected chi connectivity index (χ0v) is 18.0. The highest BCUT2D eigenvalue weighted by Gasteiger charge is 2.19. The van der Waals surface area contributed by atoms with E-state index in [-0.39, 0.29) is 24.6 Å². The number of carbonyl (C=O) groups is 1. The summed E-state index contributed by atoms with van der Waals surface area (Å²) in [6.45, 7) is 3.87. The van der Waals surface area contributed by atoms with E-state index in [9.17, 15) is 4.79 Å². The number of aromatic nitrogens is 2. The van der Waals surface area contributed by atoms with Gasteiger partial charge in [-0.1, -0.05) is 11.6 Å². The number of pyridine rings is 2. The summed E-state index contributed by atoms with van der Waals surface area (Å²) in [5.41, 5.74) is 2.69. The Kier molecular flexibility index (Phi) is 7.47. The van der Waals surface area contributed by atoms with Crippen LogP contribution in [0.15, 0.2) is 30.5 Å². The lowest BCUT2D eigenvalue weighted by Gasteiger charge is -2.17. The van der Waals surface area contributed by atoms with E-state index >= 15 is 0 Å². The van der Waals surface area contributed by atoms with E-state index in [1.165, 1.54) is 20.4 Å². The summed E-state index contributed by atoms with van der Waals surface area (Å²) in [5, 5.41) is 4.31. The normalized spacial score (nSPS) is 10.2. The van der Waals surface area contributed by atoms with Gasteiger partial charge in [-0.15, -0.1) is 12.4 Å². The van der Waals surface area contributed by atoms with Crippen LogP contribution in [0.5, 0.6) is 11.5 Å². The molecule has 2 heterocycles. The summed E-state index contributed by atoms with van der Waals surface area (Å²) in [4.78, 5) is 21.2. The molecule has 1 N–H and O–H groups in total. The van der Waals surface area contributed by atoms with Crippen molar-refractivity contribution in [2.75, 3.05) is 26.1 Å². The molecule has 29 heavy (non-hydrogen) atoms. The van der Waals surface area contributed by atoms with Gasteiger partial charge in [0, 0.05) is 23.3 Å². The van der Waals surface area contributed by atoms with E-state index in [1.54, 1.807) is 19.1 Å². The smallest absolute Gasteiger partial charge is 0.341 e. The lowest BCUT2D eigenvalue weighted by atomic mass is 10.1. The lowest BCUT2D eigenvalue weighted by molar-refractivity contribution is 0.0527. The van der Waals surface area contributed by atoms with Crippen LogP contribution < -0.4 is 14.8 Å². The molecule has 0 bridgehead atoms. The fraction of sp³-hybridized carbons (Fsp3) is 0.250. The molecule has 0 saturated heterocycles. The minimum atomic E-state index is -0.487. The van der Waals surface area contributed by atoms with Gasteiger partial charge in [-0.05, 0) is 32.0 Å². The molecule has 0 spiro atoms. The first kappa shape index (κ1) is 22.5. The number of carbonyl (C=O) groups excluding carboxylic acids is 1. The standard InChI is InChI=1S/C20H20ClN3O4.ClH/c1-5-28-20(25)13-10-22-19-12(7-6-11(2)23-19)18(13)24-15-8-14(21)16(26-3)9-17(15)27-4;/h6-10H,5H2,1-4H3,(H,22,23,24);1H. The summed E-state index contributed by atoms with van der Waals surface area (Å²) in [5.74, 6) is 0.492. The molecular formula is C20H21Cl2N3O4. The summed E-state index contributed by atoms with van der Waals surface area (Å²) in [7, 11) is 3.06. The van der Waals surface area contributed by atoms with E-state index < -0.39 is 5.97 Å². The maximum atomic E-state index is 12.5. The number of halogens is 2. The Labute approximate surface area is 179 Å². The van der Waals surface area contributed by atoms with Crippen LogP contribution in [-0.2, 0) is 4.74 Å². The number of hydrogen-bond acceptors (Lipinski definition) is 7. The van der Waals surface area contributed by atoms with Crippen LogP contribution in [0.3, 0.4) is 0 Å². The second-order valence-electron chi connectivity index (χ2n) is 5.90. The van der Waals surface area contributed by atoms with Crippen LogP contribution in [-0.4, -0.2) is 36.8 Å². The largest absolute Gasteiger partial charge is 0.495 e. The Morgan fingerprint density at radius 3 is 2.55 bits per heavy atom. The van der Waals surface area contributed by atoms with Crippen molar-refractivity contribution in [3.8, 4) is 11.5 Å². The molecule has 3 aromatic rings. The van der Waals surface area contributed by atoms with Crippen molar-refractivity contribution in [1.82, 2.24) is 9.97 Å². The van der Waals surface area contributed by atoms with Crippen LogP contribution >= 0.6 is 24.0 Å². The van der Waals surface area contributed by atoms with Gasteiger partial charge in [-0.25, -0.2) is 14.8 Å². The van der Waals surface area contributed by atoms with Crippen molar-refractivity contribution in [3.05, 3.63) is 46.7 Å². The number of nitrogens with one attached hydrogen (secondary N) is 1. The minimum absolute atomic E-state index is 0. The molecule has 0 fully saturated rings. The first-order chi connectivity index (χ1) is 13.5. The first-order valence-corrected chi connectivity index (χ1v) is 8.98. The van der Waals surface area contributed by atoms with Crippen molar-refractivity contribution in [2.24, 2.45) is 0 Å². The molecule has 0 aliphatic carbocycles. The van der Waals surface area contributed by atoms with E-state index in [0.717, 1.165) is 5.69 Å². The number of aryl methyl sites for hydroxylation is 1. The first-order valence-electron chi connectivity index (χ1n) is 8.60. The maximum Gasteiger partial charge on any atom is 0.341 e. The average molecular weight is 438 g/mol. The molecule has 2 aromatic heterocycles. The summed E-state index contributed by atoms with van der Waals surface area (Å²) >= 11 is 6.28. The van der Waals surface area contributed by atoms with Gasteiger partial charge in [0.15, 0.2) is 5.65 Å². The summed E-state index contributed by atoms with van der Waals surface area (Å²) in [6, 6.07) is 7.04. The Bertz CT molecular complexity index is 1040. The Hall–Kier alpha value is -2.77. The third kappa shape index (κ3) is 4.63. The van der Waals surface area contributed by atoms with Crippen molar-refractivity contribution in [1.29, 1.82) is 0 Å². The summed E-state index contributed by atoms with van der Waals surface area (Å²) < 4.78 is 15.9. The molecule has 0 atom stereocenters. The number of fused-ring (bicyclic) bond motifs is 1. The molecule has 154 valence electrons. The second kappa shape index (κ2) is 9.62. The molecule has 1 aromatic carbocycles. The van der Waals surface area contributed by atoms with E-state index in [4.69, 9.17) is 25.8 Å². The fourth-order valence-electron chi connectivity index (χ4n) is 2.76. The molecule has 0 aliphatic rings. The monoisotopic (exact) mass is 437 g/mol. The van der Waals surface area contributed by atoms with Gasteiger partial charge in [-0.2, -0.15) is 0 Å². The average Bonchev–Trinajstić information content (AvgIpc) is 2.68. The molecule has 9 heteroatoms. The molecule has 0 radical (unpaired) electrons. The zero-order chi connectivity index (χ0) is 20.3. The third-order valence-electron chi connectivity index (χ3n) is 4.10. The fourth-order valence-corrected chi connectivity index (χ4v) is 3.00. The van der Waals surface area contributed by atoms with Crippen molar-refractivity contribution in [3.63, 3.8) is 0 Å². The van der Waals surface area contributed by atoms with Gasteiger partial charge < -0.3 is 19.5 Å². The van der Waals surface area contributed by atoms with Crippen LogP contribution in [0, 0.1) is 6.92 Å². The quantitative estimate of drug-likeness (QED) is 0.546. The number of ether oxygens (including phenoxy) is 3. The van der Waals surface area contributed by atoms with E-state index in [2.05, 4.69) is 15.3 Å². The van der Waals surface area contributed by atoms with E-state index in [0.29, 0.717) is 38.9 Å².